The Morgan fingerprint density at radius 2 is 1.54 bits per heavy atom. The molecule has 4 heteroatoms. The predicted octanol–water partition coefficient (Wildman–Crippen LogP) is 5.48. The molecule has 1 aliphatic heterocycles. The van der Waals surface area contributed by atoms with Crippen molar-refractivity contribution in [1.82, 2.24) is 4.90 Å². The number of thiocarbonyl (C=S) groups is 1. The molecule has 28 heavy (non-hydrogen) atoms. The first-order valence-electron chi connectivity index (χ1n) is 10.0. The van der Waals surface area contributed by atoms with E-state index in [9.17, 15) is 4.79 Å². The Labute approximate surface area is 172 Å². The van der Waals surface area contributed by atoms with Crippen LogP contribution in [0.2, 0.25) is 0 Å². The van der Waals surface area contributed by atoms with E-state index in [1.165, 1.54) is 5.56 Å². The third-order valence-electron chi connectivity index (χ3n) is 6.04. The van der Waals surface area contributed by atoms with E-state index in [1.54, 1.807) is 0 Å². The third kappa shape index (κ3) is 3.30. The number of benzene rings is 2. The minimum atomic E-state index is -0.536. The Morgan fingerprint density at radius 3 is 2.11 bits per heavy atom. The average molecular weight is 391 g/mol. The fraction of sp³-hybridized carbons (Fsp3) is 0.375. The molecule has 1 aliphatic carbocycles. The highest BCUT2D eigenvalue weighted by atomic mass is 32.1. The van der Waals surface area contributed by atoms with Gasteiger partial charge in [-0.05, 0) is 57.6 Å². The molecule has 0 aromatic heterocycles. The molecule has 0 radical (unpaired) electrons. The number of rotatable bonds is 2. The maximum Gasteiger partial charge on any atom is 0.260 e. The number of carbonyl (C=O) groups excluding carboxylic acids is 1. The SMILES string of the molecule is Cc1ccc(C(=O)N2C(=S)C(c3ccc(C)cc3)=NC23CCC(C)CC3)cc1. The molecule has 1 saturated carbocycles. The van der Waals surface area contributed by atoms with Crippen molar-refractivity contribution in [3.8, 4) is 0 Å². The van der Waals surface area contributed by atoms with Gasteiger partial charge in [-0.2, -0.15) is 0 Å². The first kappa shape index (κ1) is 19.0. The zero-order valence-corrected chi connectivity index (χ0v) is 17.6. The van der Waals surface area contributed by atoms with Crippen molar-refractivity contribution in [2.24, 2.45) is 10.9 Å². The van der Waals surface area contributed by atoms with Crippen molar-refractivity contribution < 1.29 is 4.79 Å². The van der Waals surface area contributed by atoms with Crippen molar-refractivity contribution in [2.45, 2.75) is 52.1 Å². The lowest BCUT2D eigenvalue weighted by atomic mass is 9.82. The summed E-state index contributed by atoms with van der Waals surface area (Å²) >= 11 is 5.84. The van der Waals surface area contributed by atoms with Crippen molar-refractivity contribution in [1.29, 1.82) is 0 Å². The van der Waals surface area contributed by atoms with Gasteiger partial charge in [-0.25, -0.2) is 0 Å². The van der Waals surface area contributed by atoms with Crippen molar-refractivity contribution in [3.63, 3.8) is 0 Å². The van der Waals surface area contributed by atoms with Crippen molar-refractivity contribution in [3.05, 3.63) is 70.8 Å². The molecule has 1 amide bonds. The van der Waals surface area contributed by atoms with E-state index in [-0.39, 0.29) is 5.91 Å². The van der Waals surface area contributed by atoms with Crippen LogP contribution in [-0.4, -0.2) is 27.2 Å². The molecule has 0 unspecified atom stereocenters. The van der Waals surface area contributed by atoms with Crippen molar-refractivity contribution in [2.75, 3.05) is 0 Å². The number of amides is 1. The second-order valence-electron chi connectivity index (χ2n) is 8.30. The number of hydrogen-bond acceptors (Lipinski definition) is 3. The van der Waals surface area contributed by atoms with Crippen LogP contribution < -0.4 is 0 Å². The number of nitrogens with zero attached hydrogens (tertiary/aromatic N) is 2. The van der Waals surface area contributed by atoms with Crippen LogP contribution in [0.5, 0.6) is 0 Å². The lowest BCUT2D eigenvalue weighted by Crippen LogP contribution is -2.51. The molecular weight excluding hydrogens is 364 g/mol. The van der Waals surface area contributed by atoms with Gasteiger partial charge in [0.05, 0.1) is 0 Å². The van der Waals surface area contributed by atoms with Crippen LogP contribution in [-0.2, 0) is 0 Å². The van der Waals surface area contributed by atoms with Crippen LogP contribution >= 0.6 is 12.2 Å². The zero-order valence-electron chi connectivity index (χ0n) is 16.7. The second kappa shape index (κ2) is 7.25. The van der Waals surface area contributed by atoms with Crippen molar-refractivity contribution >= 4 is 28.8 Å². The summed E-state index contributed by atoms with van der Waals surface area (Å²) in [5.74, 6) is 0.625. The molecule has 1 spiro atoms. The summed E-state index contributed by atoms with van der Waals surface area (Å²) in [6, 6.07) is 16.0. The molecule has 2 aromatic carbocycles. The summed E-state index contributed by atoms with van der Waals surface area (Å²) in [7, 11) is 0. The molecule has 2 aromatic rings. The zero-order chi connectivity index (χ0) is 19.9. The minimum Gasteiger partial charge on any atom is -0.271 e. The summed E-state index contributed by atoms with van der Waals surface area (Å²) in [5, 5.41) is 0. The number of aryl methyl sites for hydroxylation is 2. The van der Waals surface area contributed by atoms with E-state index in [4.69, 9.17) is 17.2 Å². The Morgan fingerprint density at radius 1 is 1.00 bits per heavy atom. The summed E-state index contributed by atoms with van der Waals surface area (Å²) in [4.78, 5) is 21.0. The molecule has 0 atom stereocenters. The lowest BCUT2D eigenvalue weighted by molar-refractivity contribution is 0.0613. The van der Waals surface area contributed by atoms with Gasteiger partial charge in [-0.15, -0.1) is 0 Å². The number of carbonyl (C=O) groups is 1. The molecule has 144 valence electrons. The normalized spacial score (nSPS) is 24.5. The quantitative estimate of drug-likeness (QED) is 0.636. The monoisotopic (exact) mass is 390 g/mol. The summed E-state index contributed by atoms with van der Waals surface area (Å²) in [5.41, 5.74) is 4.25. The maximum absolute atomic E-state index is 13.5. The molecule has 0 N–H and O–H groups in total. The van der Waals surface area contributed by atoms with Crippen LogP contribution in [0.1, 0.15) is 59.7 Å². The Kier molecular flexibility index (Phi) is 4.92. The third-order valence-corrected chi connectivity index (χ3v) is 6.42. The Balaban J connectivity index is 1.76. The molecule has 1 heterocycles. The summed E-state index contributed by atoms with van der Waals surface area (Å²) < 4.78 is 0. The smallest absolute Gasteiger partial charge is 0.260 e. The largest absolute Gasteiger partial charge is 0.271 e. The highest BCUT2D eigenvalue weighted by Gasteiger charge is 2.49. The molecule has 3 nitrogen and oxygen atoms in total. The number of hydrogen-bond donors (Lipinski definition) is 0. The molecular formula is C24H26N2OS. The van der Waals surface area contributed by atoms with Crippen LogP contribution in [0, 0.1) is 19.8 Å². The van der Waals surface area contributed by atoms with E-state index in [0.29, 0.717) is 16.5 Å². The molecule has 4 rings (SSSR count). The summed E-state index contributed by atoms with van der Waals surface area (Å²) in [6.45, 7) is 6.37. The predicted molar refractivity (Wildman–Crippen MR) is 118 cm³/mol. The van der Waals surface area contributed by atoms with E-state index in [1.807, 2.05) is 36.1 Å². The summed E-state index contributed by atoms with van der Waals surface area (Å²) in [6.07, 6.45) is 3.85. The van der Waals surface area contributed by atoms with Gasteiger partial charge in [0, 0.05) is 11.1 Å². The van der Waals surface area contributed by atoms with Gasteiger partial charge in [0.1, 0.15) is 16.4 Å². The van der Waals surface area contributed by atoms with Crippen LogP contribution in [0.25, 0.3) is 0 Å². The van der Waals surface area contributed by atoms with E-state index >= 15 is 0 Å². The van der Waals surface area contributed by atoms with Crippen LogP contribution in [0.15, 0.2) is 53.5 Å². The highest BCUT2D eigenvalue weighted by Crippen LogP contribution is 2.42. The lowest BCUT2D eigenvalue weighted by Gasteiger charge is -2.40. The van der Waals surface area contributed by atoms with Gasteiger partial charge >= 0.3 is 0 Å². The molecule has 2 aliphatic rings. The van der Waals surface area contributed by atoms with Crippen LogP contribution in [0.4, 0.5) is 0 Å². The first-order valence-corrected chi connectivity index (χ1v) is 10.4. The molecule has 0 saturated heterocycles. The Bertz CT molecular complexity index is 936. The Hall–Kier alpha value is -2.33. The van der Waals surface area contributed by atoms with E-state index < -0.39 is 5.66 Å². The fourth-order valence-corrected chi connectivity index (χ4v) is 4.58. The molecule has 1 fully saturated rings. The number of aliphatic imine (C=N–C) groups is 1. The fourth-order valence-electron chi connectivity index (χ4n) is 4.17. The minimum absolute atomic E-state index is 0.0367. The van der Waals surface area contributed by atoms with Gasteiger partial charge in [-0.1, -0.05) is 66.7 Å². The second-order valence-corrected chi connectivity index (χ2v) is 8.69. The van der Waals surface area contributed by atoms with E-state index in [0.717, 1.165) is 42.5 Å². The average Bonchev–Trinajstić information content (AvgIpc) is 2.97. The topological polar surface area (TPSA) is 32.7 Å². The van der Waals surface area contributed by atoms with Gasteiger partial charge in [0.25, 0.3) is 5.91 Å². The van der Waals surface area contributed by atoms with Crippen LogP contribution in [0.3, 0.4) is 0 Å². The maximum atomic E-state index is 13.5. The highest BCUT2D eigenvalue weighted by molar-refractivity contribution is 7.82. The molecule has 0 bridgehead atoms. The van der Waals surface area contributed by atoms with Gasteiger partial charge in [0.15, 0.2) is 0 Å². The van der Waals surface area contributed by atoms with E-state index in [2.05, 4.69) is 38.1 Å². The standard InChI is InChI=1S/C24H26N2OS/c1-16-4-8-19(9-5-16)21-23(28)26(22(27)20-10-6-17(2)7-11-20)24(25-21)14-12-18(3)13-15-24/h4-11,18H,12-15H2,1-3H3. The van der Waals surface area contributed by atoms with Gasteiger partial charge < -0.3 is 0 Å². The van der Waals surface area contributed by atoms with Gasteiger partial charge in [-0.3, -0.25) is 14.7 Å². The van der Waals surface area contributed by atoms with Gasteiger partial charge in [0.2, 0.25) is 0 Å². The first-order chi connectivity index (χ1) is 13.4.